The van der Waals surface area contributed by atoms with Crippen LogP contribution in [-0.4, -0.2) is 55.2 Å². The van der Waals surface area contributed by atoms with E-state index in [1.807, 2.05) is 18.2 Å². The smallest absolute Gasteiger partial charge is 0.251 e. The van der Waals surface area contributed by atoms with Gasteiger partial charge in [0.05, 0.1) is 15.2 Å². The number of thiazole rings is 1. The summed E-state index contributed by atoms with van der Waals surface area (Å²) in [6, 6.07) is 6.12. The van der Waals surface area contributed by atoms with Gasteiger partial charge in [0.2, 0.25) is 0 Å². The third-order valence-corrected chi connectivity index (χ3v) is 6.47. The lowest BCUT2D eigenvalue weighted by molar-refractivity contribution is 0.0696. The summed E-state index contributed by atoms with van der Waals surface area (Å²) in [6.45, 7) is 3.75. The summed E-state index contributed by atoms with van der Waals surface area (Å²) < 4.78 is 6.47. The molecule has 3 heterocycles. The SMILES string of the molecule is CN1CCC(c2nc3ccc(C(=O)NC4CCOCC4)cc3s2)CC1. The second kappa shape index (κ2) is 7.40. The standard InChI is InChI=1S/C19H25N3O2S/c1-22-8-4-13(5-9-22)19-21-16-3-2-14(12-17(16)25-19)18(23)20-15-6-10-24-11-7-15/h2-3,12-13,15H,4-11H2,1H3,(H,20,23). The van der Waals surface area contributed by atoms with Crippen molar-refractivity contribution in [3.63, 3.8) is 0 Å². The number of fused-ring (bicyclic) bond motifs is 1. The Morgan fingerprint density at radius 1 is 1.24 bits per heavy atom. The van der Waals surface area contributed by atoms with E-state index in [0.29, 0.717) is 5.92 Å². The number of nitrogens with zero attached hydrogens (tertiary/aromatic N) is 2. The monoisotopic (exact) mass is 359 g/mol. The predicted octanol–water partition coefficient (Wildman–Crippen LogP) is 3.01. The van der Waals surface area contributed by atoms with Crippen molar-refractivity contribution in [1.29, 1.82) is 0 Å². The van der Waals surface area contributed by atoms with Crippen LogP contribution in [0.2, 0.25) is 0 Å². The third kappa shape index (κ3) is 3.86. The van der Waals surface area contributed by atoms with Crippen LogP contribution < -0.4 is 5.32 Å². The first-order chi connectivity index (χ1) is 12.2. The van der Waals surface area contributed by atoms with Crippen molar-refractivity contribution in [3.8, 4) is 0 Å². The summed E-state index contributed by atoms with van der Waals surface area (Å²) in [5.41, 5.74) is 1.75. The number of rotatable bonds is 3. The Balaban J connectivity index is 1.48. The van der Waals surface area contributed by atoms with Crippen LogP contribution in [0.5, 0.6) is 0 Å². The number of ether oxygens (including phenoxy) is 1. The van der Waals surface area contributed by atoms with Crippen LogP contribution in [0, 0.1) is 0 Å². The number of hydrogen-bond acceptors (Lipinski definition) is 5. The zero-order valence-corrected chi connectivity index (χ0v) is 15.5. The molecule has 25 heavy (non-hydrogen) atoms. The molecule has 1 aromatic carbocycles. The van der Waals surface area contributed by atoms with Crippen LogP contribution in [0.3, 0.4) is 0 Å². The molecule has 0 spiro atoms. The van der Waals surface area contributed by atoms with E-state index in [2.05, 4.69) is 17.3 Å². The number of hydrogen-bond donors (Lipinski definition) is 1. The number of aromatic nitrogens is 1. The second-order valence-corrected chi connectivity index (χ2v) is 8.23. The lowest BCUT2D eigenvalue weighted by Gasteiger charge is -2.27. The highest BCUT2D eigenvalue weighted by Crippen LogP contribution is 2.34. The fourth-order valence-electron chi connectivity index (χ4n) is 3.62. The van der Waals surface area contributed by atoms with E-state index in [0.717, 1.165) is 54.9 Å². The predicted molar refractivity (Wildman–Crippen MR) is 100 cm³/mol. The Morgan fingerprint density at radius 2 is 2.00 bits per heavy atom. The summed E-state index contributed by atoms with van der Waals surface area (Å²) in [4.78, 5) is 19.7. The molecule has 2 saturated heterocycles. The third-order valence-electron chi connectivity index (χ3n) is 5.29. The van der Waals surface area contributed by atoms with Gasteiger partial charge in [0.25, 0.3) is 5.91 Å². The number of amides is 1. The van der Waals surface area contributed by atoms with Gasteiger partial charge in [-0.25, -0.2) is 4.98 Å². The molecule has 134 valence electrons. The topological polar surface area (TPSA) is 54.5 Å². The molecular weight excluding hydrogens is 334 g/mol. The highest BCUT2D eigenvalue weighted by atomic mass is 32.1. The zero-order valence-electron chi connectivity index (χ0n) is 14.7. The van der Waals surface area contributed by atoms with E-state index in [-0.39, 0.29) is 11.9 Å². The van der Waals surface area contributed by atoms with Crippen LogP contribution in [0.1, 0.15) is 47.0 Å². The van der Waals surface area contributed by atoms with E-state index in [9.17, 15) is 4.79 Å². The highest BCUT2D eigenvalue weighted by molar-refractivity contribution is 7.18. The fraction of sp³-hybridized carbons (Fsp3) is 0.579. The van der Waals surface area contributed by atoms with Crippen molar-refractivity contribution in [2.75, 3.05) is 33.4 Å². The second-order valence-electron chi connectivity index (χ2n) is 7.17. The largest absolute Gasteiger partial charge is 0.381 e. The quantitative estimate of drug-likeness (QED) is 0.915. The Bertz CT molecular complexity index is 746. The highest BCUT2D eigenvalue weighted by Gasteiger charge is 2.22. The Labute approximate surface area is 152 Å². The summed E-state index contributed by atoms with van der Waals surface area (Å²) in [5, 5.41) is 4.36. The molecule has 5 nitrogen and oxygen atoms in total. The summed E-state index contributed by atoms with van der Waals surface area (Å²) in [6.07, 6.45) is 4.14. The minimum absolute atomic E-state index is 0.0167. The van der Waals surface area contributed by atoms with Crippen molar-refractivity contribution in [1.82, 2.24) is 15.2 Å². The van der Waals surface area contributed by atoms with Crippen molar-refractivity contribution < 1.29 is 9.53 Å². The maximum absolute atomic E-state index is 12.5. The van der Waals surface area contributed by atoms with Gasteiger partial charge in [0, 0.05) is 30.7 Å². The first-order valence-corrected chi connectivity index (χ1v) is 9.98. The molecule has 4 rings (SSSR count). The van der Waals surface area contributed by atoms with Crippen molar-refractivity contribution in [3.05, 3.63) is 28.8 Å². The Kier molecular flexibility index (Phi) is 5.01. The van der Waals surface area contributed by atoms with Crippen LogP contribution >= 0.6 is 11.3 Å². The van der Waals surface area contributed by atoms with Crippen LogP contribution in [-0.2, 0) is 4.74 Å². The lowest BCUT2D eigenvalue weighted by Crippen LogP contribution is -2.38. The summed E-state index contributed by atoms with van der Waals surface area (Å²) >= 11 is 1.75. The van der Waals surface area contributed by atoms with Gasteiger partial charge in [-0.15, -0.1) is 11.3 Å². The summed E-state index contributed by atoms with van der Waals surface area (Å²) in [5.74, 6) is 0.580. The van der Waals surface area contributed by atoms with Gasteiger partial charge < -0.3 is 15.0 Å². The molecule has 1 N–H and O–H groups in total. The Hall–Kier alpha value is -1.50. The minimum atomic E-state index is 0.0167. The van der Waals surface area contributed by atoms with Crippen LogP contribution in [0.15, 0.2) is 18.2 Å². The molecule has 2 aliphatic heterocycles. The number of piperidine rings is 1. The van der Waals surface area contributed by atoms with E-state index in [1.165, 1.54) is 17.8 Å². The maximum Gasteiger partial charge on any atom is 0.251 e. The molecule has 1 amide bonds. The van der Waals surface area contributed by atoms with Gasteiger partial charge in [-0.2, -0.15) is 0 Å². The van der Waals surface area contributed by atoms with Crippen LogP contribution in [0.25, 0.3) is 10.2 Å². The average molecular weight is 359 g/mol. The normalized spacial score (nSPS) is 20.8. The molecule has 2 aromatic rings. The molecular formula is C19H25N3O2S. The molecule has 0 bridgehead atoms. The van der Waals surface area contributed by atoms with E-state index >= 15 is 0 Å². The number of nitrogens with one attached hydrogen (secondary N) is 1. The molecule has 1 aromatic heterocycles. The summed E-state index contributed by atoms with van der Waals surface area (Å²) in [7, 11) is 2.18. The van der Waals surface area contributed by atoms with Crippen molar-refractivity contribution in [2.45, 2.75) is 37.6 Å². The molecule has 0 aliphatic carbocycles. The number of likely N-dealkylation sites (tertiary alicyclic amines) is 1. The van der Waals surface area contributed by atoms with E-state index < -0.39 is 0 Å². The minimum Gasteiger partial charge on any atom is -0.381 e. The van der Waals surface area contributed by atoms with Gasteiger partial charge >= 0.3 is 0 Å². The Morgan fingerprint density at radius 3 is 2.76 bits per heavy atom. The first kappa shape index (κ1) is 16.9. The molecule has 2 aliphatic rings. The van der Waals surface area contributed by atoms with Gasteiger partial charge in [-0.3, -0.25) is 4.79 Å². The molecule has 6 heteroatoms. The maximum atomic E-state index is 12.5. The zero-order chi connectivity index (χ0) is 17.2. The van der Waals surface area contributed by atoms with Gasteiger partial charge in [-0.05, 0) is 64.0 Å². The molecule has 0 atom stereocenters. The lowest BCUT2D eigenvalue weighted by atomic mass is 9.98. The first-order valence-electron chi connectivity index (χ1n) is 9.16. The fourth-order valence-corrected chi connectivity index (χ4v) is 4.80. The van der Waals surface area contributed by atoms with Crippen molar-refractivity contribution >= 4 is 27.5 Å². The van der Waals surface area contributed by atoms with Crippen molar-refractivity contribution in [2.24, 2.45) is 0 Å². The van der Waals surface area contributed by atoms with Crippen LogP contribution in [0.4, 0.5) is 0 Å². The number of carbonyl (C=O) groups is 1. The molecule has 0 unspecified atom stereocenters. The molecule has 0 saturated carbocycles. The molecule has 2 fully saturated rings. The van der Waals surface area contributed by atoms with Gasteiger partial charge in [0.1, 0.15) is 0 Å². The number of carbonyl (C=O) groups excluding carboxylic acids is 1. The van der Waals surface area contributed by atoms with E-state index in [4.69, 9.17) is 9.72 Å². The average Bonchev–Trinajstić information content (AvgIpc) is 3.06. The number of benzene rings is 1. The van der Waals surface area contributed by atoms with E-state index in [1.54, 1.807) is 11.3 Å². The van der Waals surface area contributed by atoms with Gasteiger partial charge in [-0.1, -0.05) is 0 Å². The molecule has 0 radical (unpaired) electrons. The van der Waals surface area contributed by atoms with Gasteiger partial charge in [0.15, 0.2) is 0 Å².